The summed E-state index contributed by atoms with van der Waals surface area (Å²) in [6, 6.07) is 6.76. The Bertz CT molecular complexity index is 989. The van der Waals surface area contributed by atoms with Crippen molar-refractivity contribution in [2.45, 2.75) is 26.7 Å². The summed E-state index contributed by atoms with van der Waals surface area (Å²) in [4.78, 5) is 58.6. The van der Waals surface area contributed by atoms with E-state index in [4.69, 9.17) is 4.84 Å². The smallest absolute Gasteiger partial charge is 0.351 e. The predicted octanol–water partition coefficient (Wildman–Crippen LogP) is 1.92. The lowest BCUT2D eigenvalue weighted by molar-refractivity contribution is -0.170. The second kappa shape index (κ2) is 9.98. The number of hydrogen-bond donors (Lipinski definition) is 2. The summed E-state index contributed by atoms with van der Waals surface area (Å²) in [7, 11) is 0. The van der Waals surface area contributed by atoms with Crippen LogP contribution in [0.2, 0.25) is 0 Å². The first kappa shape index (κ1) is 22.2. The van der Waals surface area contributed by atoms with E-state index in [0.717, 1.165) is 25.0 Å². The Morgan fingerprint density at radius 2 is 1.81 bits per heavy atom. The Balaban J connectivity index is 1.64. The topological polar surface area (TPSA) is 121 Å². The highest BCUT2D eigenvalue weighted by atomic mass is 16.7. The van der Waals surface area contributed by atoms with Crippen LogP contribution in [-0.4, -0.2) is 64.9 Å². The van der Waals surface area contributed by atoms with Crippen LogP contribution in [0.15, 0.2) is 30.5 Å². The van der Waals surface area contributed by atoms with Crippen molar-refractivity contribution in [1.82, 2.24) is 20.3 Å². The quantitative estimate of drug-likeness (QED) is 0.617. The maximum Gasteiger partial charge on any atom is 0.437 e. The van der Waals surface area contributed by atoms with Gasteiger partial charge in [-0.15, -0.1) is 5.06 Å². The van der Waals surface area contributed by atoms with Crippen molar-refractivity contribution in [3.63, 3.8) is 0 Å². The van der Waals surface area contributed by atoms with Crippen LogP contribution in [-0.2, 0) is 14.4 Å². The fourth-order valence-electron chi connectivity index (χ4n) is 3.19. The number of nitrogens with zero attached hydrogens (tertiary/aromatic N) is 3. The fraction of sp³-hybridized carbons (Fsp3) is 0.381. The Kier molecular flexibility index (Phi) is 7.14. The van der Waals surface area contributed by atoms with E-state index in [2.05, 4.69) is 34.4 Å². The van der Waals surface area contributed by atoms with Gasteiger partial charge in [-0.05, 0) is 36.7 Å². The first-order valence-corrected chi connectivity index (χ1v) is 10.2. The number of amides is 4. The fourth-order valence-corrected chi connectivity index (χ4v) is 3.19. The number of likely N-dealkylation sites (N-methyl/N-ethyl adjacent to an activating group) is 1. The van der Waals surface area contributed by atoms with E-state index >= 15 is 0 Å². The van der Waals surface area contributed by atoms with Gasteiger partial charge < -0.3 is 15.1 Å². The molecule has 1 aliphatic heterocycles. The van der Waals surface area contributed by atoms with Gasteiger partial charge >= 0.3 is 6.09 Å². The number of carbonyl (C=O) groups excluding carboxylic acids is 4. The number of anilines is 1. The Morgan fingerprint density at radius 1 is 1.10 bits per heavy atom. The van der Waals surface area contributed by atoms with Gasteiger partial charge in [0.15, 0.2) is 0 Å². The number of hydrogen-bond acceptors (Lipinski definition) is 7. The molecule has 3 rings (SSSR count). The standard InChI is InChI=1S/C21H25N5O5/c1-3-25(4-2)10-9-22-20(29)14-5-6-15-13-23-17(12-16(15)11-14)24-21(30)31-26-18(27)7-8-19(26)28/h5-6,11-13H,3-4,7-10H2,1-2H3,(H,22,29)(H,23,24,30). The van der Waals surface area contributed by atoms with Crippen LogP contribution >= 0.6 is 0 Å². The first-order valence-electron chi connectivity index (χ1n) is 10.2. The highest BCUT2D eigenvalue weighted by Crippen LogP contribution is 2.19. The Hall–Kier alpha value is -3.53. The van der Waals surface area contributed by atoms with Crippen molar-refractivity contribution >= 4 is 40.4 Å². The number of imide groups is 1. The van der Waals surface area contributed by atoms with Gasteiger partial charge in [0.1, 0.15) is 5.82 Å². The van der Waals surface area contributed by atoms with E-state index in [9.17, 15) is 19.2 Å². The summed E-state index contributed by atoms with van der Waals surface area (Å²) in [6.45, 7) is 7.31. The third-order valence-electron chi connectivity index (χ3n) is 5.00. The molecule has 1 aromatic heterocycles. The molecule has 0 atom stereocenters. The summed E-state index contributed by atoms with van der Waals surface area (Å²) in [5, 5.41) is 7.22. The van der Waals surface area contributed by atoms with Gasteiger partial charge in [0, 0.05) is 43.1 Å². The van der Waals surface area contributed by atoms with Crippen LogP contribution in [0, 0.1) is 0 Å². The van der Waals surface area contributed by atoms with Crippen molar-refractivity contribution in [2.75, 3.05) is 31.5 Å². The van der Waals surface area contributed by atoms with E-state index in [1.165, 1.54) is 0 Å². The molecule has 1 saturated heterocycles. The van der Waals surface area contributed by atoms with E-state index < -0.39 is 17.9 Å². The number of nitrogens with one attached hydrogen (secondary N) is 2. The number of hydroxylamine groups is 2. The summed E-state index contributed by atoms with van der Waals surface area (Å²) < 4.78 is 0. The molecule has 1 aliphatic rings. The minimum Gasteiger partial charge on any atom is -0.351 e. The second-order valence-corrected chi connectivity index (χ2v) is 7.00. The molecule has 1 aromatic carbocycles. The SMILES string of the molecule is CCN(CC)CCNC(=O)c1ccc2cnc(NC(=O)ON3C(=O)CCC3=O)cc2c1. The van der Waals surface area contributed by atoms with Gasteiger partial charge in [-0.25, -0.2) is 9.78 Å². The number of pyridine rings is 1. The summed E-state index contributed by atoms with van der Waals surface area (Å²) >= 11 is 0. The Morgan fingerprint density at radius 3 is 2.48 bits per heavy atom. The molecule has 0 radical (unpaired) electrons. The molecule has 2 heterocycles. The van der Waals surface area contributed by atoms with Crippen LogP contribution < -0.4 is 10.6 Å². The second-order valence-electron chi connectivity index (χ2n) is 7.00. The lowest BCUT2D eigenvalue weighted by Crippen LogP contribution is -2.34. The van der Waals surface area contributed by atoms with Crippen LogP contribution in [0.25, 0.3) is 10.8 Å². The van der Waals surface area contributed by atoms with Gasteiger partial charge in [-0.3, -0.25) is 19.7 Å². The van der Waals surface area contributed by atoms with Gasteiger partial charge in [0.05, 0.1) is 0 Å². The zero-order chi connectivity index (χ0) is 22.4. The molecule has 0 bridgehead atoms. The van der Waals surface area contributed by atoms with E-state index in [1.54, 1.807) is 30.5 Å². The van der Waals surface area contributed by atoms with Crippen molar-refractivity contribution < 1.29 is 24.0 Å². The normalized spacial score (nSPS) is 13.7. The average molecular weight is 427 g/mol. The largest absolute Gasteiger partial charge is 0.437 e. The maximum atomic E-state index is 12.5. The number of carbonyl (C=O) groups is 4. The number of benzene rings is 1. The molecule has 2 N–H and O–H groups in total. The van der Waals surface area contributed by atoms with Gasteiger partial charge in [-0.1, -0.05) is 19.9 Å². The molecular weight excluding hydrogens is 402 g/mol. The average Bonchev–Trinajstić information content (AvgIpc) is 3.08. The third kappa shape index (κ3) is 5.54. The third-order valence-corrected chi connectivity index (χ3v) is 5.00. The molecule has 10 nitrogen and oxygen atoms in total. The number of fused-ring (bicyclic) bond motifs is 1. The molecule has 164 valence electrons. The van der Waals surface area contributed by atoms with Crippen LogP contribution in [0.5, 0.6) is 0 Å². The van der Waals surface area contributed by atoms with E-state index in [0.29, 0.717) is 22.6 Å². The van der Waals surface area contributed by atoms with E-state index in [1.807, 2.05) is 0 Å². The number of aromatic nitrogens is 1. The summed E-state index contributed by atoms with van der Waals surface area (Å²) in [6.07, 6.45) is 0.570. The molecule has 0 aliphatic carbocycles. The molecule has 10 heteroatoms. The minimum absolute atomic E-state index is 0.0140. The Labute approximate surface area is 179 Å². The van der Waals surface area contributed by atoms with Crippen molar-refractivity contribution in [1.29, 1.82) is 0 Å². The van der Waals surface area contributed by atoms with Gasteiger partial charge in [0.2, 0.25) is 0 Å². The van der Waals surface area contributed by atoms with Crippen molar-refractivity contribution in [3.05, 3.63) is 36.0 Å². The first-order chi connectivity index (χ1) is 14.9. The molecule has 4 amide bonds. The van der Waals surface area contributed by atoms with Crippen LogP contribution in [0.4, 0.5) is 10.6 Å². The predicted molar refractivity (Wildman–Crippen MR) is 113 cm³/mol. The minimum atomic E-state index is -0.999. The molecule has 0 unspecified atom stereocenters. The van der Waals surface area contributed by atoms with Crippen molar-refractivity contribution in [3.8, 4) is 0 Å². The summed E-state index contributed by atoms with van der Waals surface area (Å²) in [5.74, 6) is -1.16. The summed E-state index contributed by atoms with van der Waals surface area (Å²) in [5.41, 5.74) is 0.486. The highest BCUT2D eigenvalue weighted by molar-refractivity contribution is 6.02. The zero-order valence-corrected chi connectivity index (χ0v) is 17.5. The molecule has 2 aromatic rings. The maximum absolute atomic E-state index is 12.5. The zero-order valence-electron chi connectivity index (χ0n) is 17.5. The lowest BCUT2D eigenvalue weighted by Gasteiger charge is -2.18. The van der Waals surface area contributed by atoms with Crippen molar-refractivity contribution in [2.24, 2.45) is 0 Å². The van der Waals surface area contributed by atoms with E-state index in [-0.39, 0.29) is 24.6 Å². The molecule has 0 saturated carbocycles. The highest BCUT2D eigenvalue weighted by Gasteiger charge is 2.33. The molecule has 31 heavy (non-hydrogen) atoms. The molecule has 1 fully saturated rings. The van der Waals surface area contributed by atoms with Crippen LogP contribution in [0.3, 0.4) is 0 Å². The van der Waals surface area contributed by atoms with Gasteiger partial charge in [-0.2, -0.15) is 0 Å². The molecule has 0 spiro atoms. The lowest BCUT2D eigenvalue weighted by atomic mass is 10.1. The molecular formula is C21H25N5O5. The monoisotopic (exact) mass is 427 g/mol. The number of rotatable bonds is 8. The van der Waals surface area contributed by atoms with Crippen LogP contribution in [0.1, 0.15) is 37.0 Å². The van der Waals surface area contributed by atoms with Gasteiger partial charge in [0.25, 0.3) is 17.7 Å².